The van der Waals surface area contributed by atoms with E-state index in [1.54, 1.807) is 0 Å². The summed E-state index contributed by atoms with van der Waals surface area (Å²) < 4.78 is 0. The molecule has 0 aromatic carbocycles. The highest BCUT2D eigenvalue weighted by atomic mass is 14.9. The molecule has 2 aromatic rings. The molecule has 0 unspecified atom stereocenters. The molecule has 2 heterocycles. The van der Waals surface area contributed by atoms with Crippen LogP contribution in [0.4, 0.5) is 0 Å². The summed E-state index contributed by atoms with van der Waals surface area (Å²) in [5, 5.41) is 0. The van der Waals surface area contributed by atoms with Crippen LogP contribution in [0.5, 0.6) is 0 Å². The van der Waals surface area contributed by atoms with E-state index in [0.29, 0.717) is 0 Å². The van der Waals surface area contributed by atoms with Gasteiger partial charge < -0.3 is 0 Å². The van der Waals surface area contributed by atoms with Crippen LogP contribution in [0.3, 0.4) is 0 Å². The Kier molecular flexibility index (Phi) is 6.04. The Morgan fingerprint density at radius 3 is 1.68 bits per heavy atom. The molecule has 0 aliphatic heterocycles. The molecule has 4 heteroatoms. The van der Waals surface area contributed by atoms with Gasteiger partial charge in [-0.2, -0.15) is 0 Å². The van der Waals surface area contributed by atoms with Crippen molar-refractivity contribution < 1.29 is 0 Å². The fourth-order valence-electron chi connectivity index (χ4n) is 3.03. The van der Waals surface area contributed by atoms with Gasteiger partial charge >= 0.3 is 0 Å². The molecule has 2 aromatic heterocycles. The van der Waals surface area contributed by atoms with Gasteiger partial charge in [0.1, 0.15) is 11.6 Å². The lowest BCUT2D eigenvalue weighted by Gasteiger charge is -2.31. The van der Waals surface area contributed by atoms with Crippen molar-refractivity contribution in [3.05, 3.63) is 47.6 Å². The van der Waals surface area contributed by atoms with Crippen molar-refractivity contribution in [2.45, 2.75) is 104 Å². The molecule has 0 aliphatic rings. The second kappa shape index (κ2) is 7.53. The van der Waals surface area contributed by atoms with E-state index in [9.17, 15) is 0 Å². The Hall–Kier alpha value is -1.84. The Morgan fingerprint density at radius 2 is 1.18 bits per heavy atom. The summed E-state index contributed by atoms with van der Waals surface area (Å²) in [6.07, 6.45) is 7.85. The predicted octanol–water partition coefficient (Wildman–Crippen LogP) is 5.90. The average molecular weight is 383 g/mol. The van der Waals surface area contributed by atoms with Crippen molar-refractivity contribution in [2.24, 2.45) is 0 Å². The van der Waals surface area contributed by atoms with Gasteiger partial charge in [-0.1, -0.05) is 69.2 Å². The van der Waals surface area contributed by atoms with Crippen LogP contribution in [-0.4, -0.2) is 19.9 Å². The minimum Gasteiger partial charge on any atom is -0.241 e. The first-order valence-electron chi connectivity index (χ1n) is 10.3. The van der Waals surface area contributed by atoms with E-state index in [-0.39, 0.29) is 21.7 Å². The van der Waals surface area contributed by atoms with E-state index in [0.717, 1.165) is 30.2 Å². The summed E-state index contributed by atoms with van der Waals surface area (Å²) in [7, 11) is 0. The molecular weight excluding hydrogens is 344 g/mol. The number of hydrogen-bond donors (Lipinski definition) is 0. The van der Waals surface area contributed by atoms with Crippen molar-refractivity contribution in [2.75, 3.05) is 0 Å². The van der Waals surface area contributed by atoms with Crippen LogP contribution < -0.4 is 0 Å². The molecule has 0 saturated heterocycles. The van der Waals surface area contributed by atoms with Gasteiger partial charge in [0.15, 0.2) is 0 Å². The Balaban J connectivity index is 2.17. The average Bonchev–Trinajstić information content (AvgIpc) is 2.59. The third kappa shape index (κ3) is 5.36. The Morgan fingerprint density at radius 1 is 0.643 bits per heavy atom. The van der Waals surface area contributed by atoms with Crippen LogP contribution >= 0.6 is 0 Å². The summed E-state index contributed by atoms with van der Waals surface area (Å²) >= 11 is 0. The predicted molar refractivity (Wildman–Crippen MR) is 117 cm³/mol. The molecular formula is C24H38N4. The van der Waals surface area contributed by atoms with Crippen LogP contribution in [0.1, 0.15) is 105 Å². The monoisotopic (exact) mass is 382 g/mol. The first-order valence-corrected chi connectivity index (χ1v) is 10.3. The molecule has 0 atom stereocenters. The number of aromatic nitrogens is 4. The van der Waals surface area contributed by atoms with Crippen molar-refractivity contribution >= 4 is 0 Å². The van der Waals surface area contributed by atoms with E-state index < -0.39 is 0 Å². The molecule has 2 rings (SSSR count). The zero-order valence-electron chi connectivity index (χ0n) is 19.5. The SMILES string of the molecule is CC(C)(C)c1cnc(C(C)(C)CCC(C)(C)c2ccnc(C(C)(C)C)n2)nc1. The maximum atomic E-state index is 4.89. The highest BCUT2D eigenvalue weighted by Crippen LogP contribution is 2.35. The number of rotatable bonds is 5. The smallest absolute Gasteiger partial charge is 0.133 e. The van der Waals surface area contributed by atoms with Gasteiger partial charge in [0.25, 0.3) is 0 Å². The van der Waals surface area contributed by atoms with Crippen LogP contribution in [-0.2, 0) is 21.7 Å². The first kappa shape index (κ1) is 22.4. The molecule has 0 amide bonds. The number of nitrogens with zero attached hydrogens (tertiary/aromatic N) is 4. The Bertz CT molecular complexity index is 791. The van der Waals surface area contributed by atoms with Gasteiger partial charge in [0, 0.05) is 40.5 Å². The van der Waals surface area contributed by atoms with Gasteiger partial charge in [-0.25, -0.2) is 19.9 Å². The van der Waals surface area contributed by atoms with Crippen LogP contribution in [0.2, 0.25) is 0 Å². The highest BCUT2D eigenvalue weighted by molar-refractivity contribution is 5.19. The molecule has 4 nitrogen and oxygen atoms in total. The van der Waals surface area contributed by atoms with Gasteiger partial charge in [0.2, 0.25) is 0 Å². The second-order valence-corrected chi connectivity index (χ2v) is 11.3. The number of hydrogen-bond acceptors (Lipinski definition) is 4. The van der Waals surface area contributed by atoms with Crippen LogP contribution in [0.25, 0.3) is 0 Å². The second-order valence-electron chi connectivity index (χ2n) is 11.3. The standard InChI is InChI=1S/C24H38N4/c1-21(2,3)17-15-26-20(27-16-17)24(9,10)13-12-23(7,8)18-11-14-25-19(28-18)22(4,5)6/h11,14-16H,12-13H2,1-10H3. The molecule has 0 bridgehead atoms. The zero-order chi connectivity index (χ0) is 21.4. The van der Waals surface area contributed by atoms with Gasteiger partial charge in [0.05, 0.1) is 0 Å². The first-order chi connectivity index (χ1) is 12.6. The Labute approximate surface area is 171 Å². The molecule has 154 valence electrons. The van der Waals surface area contributed by atoms with E-state index in [1.165, 1.54) is 5.56 Å². The molecule has 0 aliphatic carbocycles. The summed E-state index contributed by atoms with van der Waals surface area (Å²) in [6, 6.07) is 2.05. The van der Waals surface area contributed by atoms with Crippen molar-refractivity contribution in [3.8, 4) is 0 Å². The van der Waals surface area contributed by atoms with Gasteiger partial charge in [-0.05, 0) is 29.9 Å². The van der Waals surface area contributed by atoms with Crippen molar-refractivity contribution in [3.63, 3.8) is 0 Å². The van der Waals surface area contributed by atoms with E-state index in [1.807, 2.05) is 18.6 Å². The van der Waals surface area contributed by atoms with Gasteiger partial charge in [-0.3, -0.25) is 0 Å². The quantitative estimate of drug-likeness (QED) is 0.646. The van der Waals surface area contributed by atoms with E-state index in [2.05, 4.69) is 80.3 Å². The minimum absolute atomic E-state index is 0.0362. The maximum absolute atomic E-state index is 4.89. The molecule has 0 radical (unpaired) electrons. The van der Waals surface area contributed by atoms with Crippen molar-refractivity contribution in [1.82, 2.24) is 19.9 Å². The maximum Gasteiger partial charge on any atom is 0.133 e. The molecule has 0 spiro atoms. The fraction of sp³-hybridized carbons (Fsp3) is 0.667. The van der Waals surface area contributed by atoms with Gasteiger partial charge in [-0.15, -0.1) is 0 Å². The lowest BCUT2D eigenvalue weighted by molar-refractivity contribution is 0.354. The zero-order valence-corrected chi connectivity index (χ0v) is 19.5. The third-order valence-corrected chi connectivity index (χ3v) is 5.52. The third-order valence-electron chi connectivity index (χ3n) is 5.52. The highest BCUT2D eigenvalue weighted by Gasteiger charge is 2.31. The summed E-state index contributed by atoms with van der Waals surface area (Å²) in [5.74, 6) is 1.81. The summed E-state index contributed by atoms with van der Waals surface area (Å²) in [6.45, 7) is 22.0. The minimum atomic E-state index is -0.0897. The largest absolute Gasteiger partial charge is 0.241 e. The van der Waals surface area contributed by atoms with Crippen LogP contribution in [0, 0.1) is 0 Å². The van der Waals surface area contributed by atoms with E-state index in [4.69, 9.17) is 15.0 Å². The van der Waals surface area contributed by atoms with Crippen LogP contribution in [0.15, 0.2) is 24.7 Å². The lowest BCUT2D eigenvalue weighted by Crippen LogP contribution is -2.28. The molecule has 0 saturated carbocycles. The normalized spacial score (nSPS) is 13.6. The molecule has 28 heavy (non-hydrogen) atoms. The fourth-order valence-corrected chi connectivity index (χ4v) is 3.03. The lowest BCUT2D eigenvalue weighted by atomic mass is 9.76. The summed E-state index contributed by atoms with van der Waals surface area (Å²) in [4.78, 5) is 18.8. The molecule has 0 N–H and O–H groups in total. The topological polar surface area (TPSA) is 51.6 Å². The van der Waals surface area contributed by atoms with E-state index >= 15 is 0 Å². The van der Waals surface area contributed by atoms with Crippen molar-refractivity contribution in [1.29, 1.82) is 0 Å². The summed E-state index contributed by atoms with van der Waals surface area (Å²) in [5.41, 5.74) is 2.17. The molecule has 0 fully saturated rings.